The van der Waals surface area contributed by atoms with Crippen LogP contribution in [0.3, 0.4) is 0 Å². The van der Waals surface area contributed by atoms with Crippen molar-refractivity contribution in [1.29, 1.82) is 0 Å². The minimum Gasteiger partial charge on any atom is -0.366 e. The molecule has 23 heavy (non-hydrogen) atoms. The summed E-state index contributed by atoms with van der Waals surface area (Å²) in [5.41, 5.74) is -0.935. The molecule has 1 rings (SSSR count). The number of nitro groups is 1. The molecule has 0 saturated carbocycles. The van der Waals surface area contributed by atoms with Gasteiger partial charge in [-0.2, -0.15) is 0 Å². The lowest BCUT2D eigenvalue weighted by Crippen LogP contribution is -2.51. The van der Waals surface area contributed by atoms with Crippen LogP contribution in [0.15, 0.2) is 22.7 Å². The van der Waals surface area contributed by atoms with Crippen molar-refractivity contribution in [2.45, 2.75) is 32.4 Å². The monoisotopic (exact) mass is 405 g/mol. The van der Waals surface area contributed by atoms with Gasteiger partial charge in [-0.15, -0.1) is 0 Å². The zero-order valence-corrected chi connectivity index (χ0v) is 15.8. The van der Waals surface area contributed by atoms with Gasteiger partial charge in [0.15, 0.2) is 0 Å². The van der Waals surface area contributed by atoms with E-state index in [4.69, 9.17) is 0 Å². The van der Waals surface area contributed by atoms with E-state index < -0.39 is 21.3 Å². The van der Waals surface area contributed by atoms with Crippen LogP contribution >= 0.6 is 15.9 Å². The number of rotatable bonds is 7. The van der Waals surface area contributed by atoms with Crippen LogP contribution in [0.2, 0.25) is 0 Å². The first-order chi connectivity index (χ1) is 10.5. The zero-order chi connectivity index (χ0) is 17.8. The lowest BCUT2D eigenvalue weighted by molar-refractivity contribution is -0.384. The zero-order valence-electron chi connectivity index (χ0n) is 13.4. The summed E-state index contributed by atoms with van der Waals surface area (Å²) in [5, 5.41) is 16.8. The number of halogens is 1. The predicted molar refractivity (Wildman–Crippen MR) is 95.0 cm³/mol. The predicted octanol–water partition coefficient (Wildman–Crippen LogP) is 2.43. The first-order valence-electron chi connectivity index (χ1n) is 6.86. The van der Waals surface area contributed by atoms with Crippen molar-refractivity contribution in [2.24, 2.45) is 0 Å². The smallest absolute Gasteiger partial charge is 0.293 e. The topological polar surface area (TPSA) is 101 Å². The third-order valence-corrected chi connectivity index (χ3v) is 4.50. The van der Waals surface area contributed by atoms with Crippen LogP contribution in [-0.4, -0.2) is 38.6 Å². The molecule has 7 nitrogen and oxygen atoms in total. The molecule has 0 aliphatic carbocycles. The van der Waals surface area contributed by atoms with Gasteiger partial charge in [-0.05, 0) is 32.9 Å². The molecule has 0 spiro atoms. The largest absolute Gasteiger partial charge is 0.366 e. The van der Waals surface area contributed by atoms with Gasteiger partial charge in [-0.1, -0.05) is 15.9 Å². The molecule has 0 aromatic heterocycles. The Bertz CT molecular complexity index is 636. The van der Waals surface area contributed by atoms with E-state index in [2.05, 4.69) is 26.6 Å². The Kier molecular flexibility index (Phi) is 6.69. The van der Waals surface area contributed by atoms with E-state index >= 15 is 0 Å². The summed E-state index contributed by atoms with van der Waals surface area (Å²) in [6, 6.07) is 4.32. The third kappa shape index (κ3) is 5.91. The van der Waals surface area contributed by atoms with Gasteiger partial charge >= 0.3 is 0 Å². The van der Waals surface area contributed by atoms with Crippen molar-refractivity contribution < 1.29 is 13.9 Å². The van der Waals surface area contributed by atoms with Crippen LogP contribution in [-0.2, 0) is 15.6 Å². The van der Waals surface area contributed by atoms with Crippen LogP contribution in [0.1, 0.15) is 20.8 Å². The number of carbonyl (C=O) groups is 1. The van der Waals surface area contributed by atoms with Crippen LogP contribution in [0.5, 0.6) is 0 Å². The highest BCUT2D eigenvalue weighted by Crippen LogP contribution is 2.30. The molecular formula is C14H20BrN3O4S. The molecule has 9 heteroatoms. The number of hydrogen-bond acceptors (Lipinski definition) is 5. The molecule has 0 aliphatic heterocycles. The Morgan fingerprint density at radius 1 is 1.48 bits per heavy atom. The molecular weight excluding hydrogens is 386 g/mol. The van der Waals surface area contributed by atoms with Gasteiger partial charge < -0.3 is 10.6 Å². The fraction of sp³-hybridized carbons (Fsp3) is 0.500. The van der Waals surface area contributed by atoms with Gasteiger partial charge in [0, 0.05) is 39.4 Å². The lowest BCUT2D eigenvalue weighted by atomic mass is 10.0. The Labute approximate surface area is 146 Å². The number of nitrogens with one attached hydrogen (secondary N) is 2. The molecule has 128 valence electrons. The molecule has 0 heterocycles. The maximum atomic E-state index is 12.4. The van der Waals surface area contributed by atoms with E-state index in [0.29, 0.717) is 10.2 Å². The quantitative estimate of drug-likeness (QED) is 0.535. The number of amides is 1. The first kappa shape index (κ1) is 19.6. The summed E-state index contributed by atoms with van der Waals surface area (Å²) in [5.74, 6) is 0.0212. The van der Waals surface area contributed by atoms with Gasteiger partial charge in [0.2, 0.25) is 5.91 Å². The van der Waals surface area contributed by atoms with Crippen molar-refractivity contribution in [2.75, 3.05) is 17.3 Å². The Hall–Kier alpha value is -1.48. The van der Waals surface area contributed by atoms with E-state index in [1.165, 1.54) is 6.07 Å². The summed E-state index contributed by atoms with van der Waals surface area (Å²) in [7, 11) is -1.02. The number of nitrogens with zero attached hydrogens (tertiary/aromatic N) is 1. The molecule has 0 radical (unpaired) electrons. The van der Waals surface area contributed by atoms with Gasteiger partial charge in [-0.3, -0.25) is 19.1 Å². The number of nitro benzene ring substituents is 1. The highest BCUT2D eigenvalue weighted by Gasteiger charge is 2.31. The first-order valence-corrected chi connectivity index (χ1v) is 9.38. The van der Waals surface area contributed by atoms with E-state index in [1.807, 2.05) is 0 Å². The van der Waals surface area contributed by atoms with Gasteiger partial charge in [0.25, 0.3) is 5.69 Å². The number of hydrogen-bond donors (Lipinski definition) is 2. The number of benzene rings is 1. The van der Waals surface area contributed by atoms with Crippen molar-refractivity contribution >= 4 is 44.0 Å². The van der Waals surface area contributed by atoms with Gasteiger partial charge in [0.05, 0.1) is 4.92 Å². The maximum Gasteiger partial charge on any atom is 0.293 e. The maximum absolute atomic E-state index is 12.4. The second-order valence-electron chi connectivity index (χ2n) is 5.78. The Morgan fingerprint density at radius 2 is 2.09 bits per heavy atom. The molecule has 1 amide bonds. The molecule has 1 aromatic rings. The summed E-state index contributed by atoms with van der Waals surface area (Å²) in [4.78, 5) is 23.0. The standard InChI is InChI=1S/C14H20BrN3O4S/c1-9(8-23(4)22)16-13(19)14(2,3)17-11-6-5-10(15)7-12(11)18(20)21/h5-7,9,17H,8H2,1-4H3,(H,16,19)/t9-,23-/m0/s1. The van der Waals surface area contributed by atoms with E-state index in [-0.39, 0.29) is 23.3 Å². The number of anilines is 1. The normalized spacial score (nSPS) is 14.0. The van der Waals surface area contributed by atoms with Crippen molar-refractivity contribution in [3.8, 4) is 0 Å². The molecule has 0 aliphatic rings. The highest BCUT2D eigenvalue weighted by atomic mass is 79.9. The van der Waals surface area contributed by atoms with E-state index in [9.17, 15) is 19.1 Å². The summed E-state index contributed by atoms with van der Waals surface area (Å²) in [6.45, 7) is 5.02. The SMILES string of the molecule is C[C@@H](C[S@](C)=O)NC(=O)C(C)(C)Nc1ccc(Br)cc1[N+](=O)[O-]. The molecule has 2 atom stereocenters. The van der Waals surface area contributed by atoms with Crippen molar-refractivity contribution in [3.63, 3.8) is 0 Å². The molecule has 1 aromatic carbocycles. The van der Waals surface area contributed by atoms with Gasteiger partial charge in [0.1, 0.15) is 11.2 Å². The molecule has 0 fully saturated rings. The Balaban J connectivity index is 2.91. The summed E-state index contributed by atoms with van der Waals surface area (Å²) in [6.07, 6.45) is 1.57. The van der Waals surface area contributed by atoms with E-state index in [1.54, 1.807) is 39.2 Å². The molecule has 2 N–H and O–H groups in total. The van der Waals surface area contributed by atoms with Crippen LogP contribution in [0.25, 0.3) is 0 Å². The fourth-order valence-electron chi connectivity index (χ4n) is 1.95. The van der Waals surface area contributed by atoms with E-state index in [0.717, 1.165) is 0 Å². The lowest BCUT2D eigenvalue weighted by Gasteiger charge is -2.28. The summed E-state index contributed by atoms with van der Waals surface area (Å²) >= 11 is 3.19. The second-order valence-corrected chi connectivity index (χ2v) is 8.18. The average molecular weight is 406 g/mol. The molecule has 0 unspecified atom stereocenters. The van der Waals surface area contributed by atoms with Gasteiger partial charge in [-0.25, -0.2) is 0 Å². The second kappa shape index (κ2) is 7.87. The van der Waals surface area contributed by atoms with Crippen molar-refractivity contribution in [3.05, 3.63) is 32.8 Å². The number of carbonyl (C=O) groups excluding carboxylic acids is 1. The van der Waals surface area contributed by atoms with Crippen LogP contribution in [0, 0.1) is 10.1 Å². The average Bonchev–Trinajstić information content (AvgIpc) is 2.39. The summed E-state index contributed by atoms with van der Waals surface area (Å²) < 4.78 is 11.8. The molecule has 0 saturated heterocycles. The fourth-order valence-corrected chi connectivity index (χ4v) is 3.09. The van der Waals surface area contributed by atoms with Crippen molar-refractivity contribution in [1.82, 2.24) is 5.32 Å². The Morgan fingerprint density at radius 3 is 2.61 bits per heavy atom. The van der Waals surface area contributed by atoms with Crippen LogP contribution in [0.4, 0.5) is 11.4 Å². The van der Waals surface area contributed by atoms with Crippen LogP contribution < -0.4 is 10.6 Å². The highest BCUT2D eigenvalue weighted by molar-refractivity contribution is 9.10. The molecule has 0 bridgehead atoms. The minimum atomic E-state index is -1.07. The minimum absolute atomic E-state index is 0.122. The third-order valence-electron chi connectivity index (χ3n) is 3.03.